The van der Waals surface area contributed by atoms with Gasteiger partial charge in [-0.1, -0.05) is 13.0 Å². The van der Waals surface area contributed by atoms with Gasteiger partial charge in [0.1, 0.15) is 0 Å². The van der Waals surface area contributed by atoms with Gasteiger partial charge in [0.05, 0.1) is 6.42 Å². The smallest absolute Gasteiger partial charge is 0.226 e. The highest BCUT2D eigenvalue weighted by Gasteiger charge is 2.06. The lowest BCUT2D eigenvalue weighted by molar-refractivity contribution is -0.120. The minimum atomic E-state index is 0.0293. The summed E-state index contributed by atoms with van der Waals surface area (Å²) in [5.41, 5.74) is 0.807. The topological polar surface area (TPSA) is 54.0 Å². The molecule has 1 unspecified atom stereocenters. The Kier molecular flexibility index (Phi) is 5.50. The van der Waals surface area contributed by atoms with Gasteiger partial charge in [0.15, 0.2) is 0 Å². The molecule has 0 fully saturated rings. The van der Waals surface area contributed by atoms with Crippen LogP contribution in [0.25, 0.3) is 0 Å². The minimum Gasteiger partial charge on any atom is -0.355 e. The Morgan fingerprint density at radius 2 is 2.25 bits per heavy atom. The van der Waals surface area contributed by atoms with Crippen molar-refractivity contribution < 1.29 is 4.79 Å². The third-order valence-electron chi connectivity index (χ3n) is 2.27. The summed E-state index contributed by atoms with van der Waals surface area (Å²) in [4.78, 5) is 15.7. The van der Waals surface area contributed by atoms with Crippen LogP contribution in [-0.2, 0) is 11.2 Å². The molecule has 0 aliphatic rings. The monoisotopic (exact) mass is 221 g/mol. The fraction of sp³-hybridized carbons (Fsp3) is 0.500. The predicted octanol–water partition coefficient (Wildman–Crippen LogP) is 0.596. The molecule has 0 aliphatic heterocycles. The molecule has 1 rings (SSSR count). The first kappa shape index (κ1) is 12.6. The van der Waals surface area contributed by atoms with Crippen molar-refractivity contribution in [2.24, 2.45) is 5.92 Å². The molecule has 1 atom stereocenters. The number of nitrogens with zero attached hydrogens (tertiary/aromatic N) is 1. The zero-order valence-electron chi connectivity index (χ0n) is 9.86. The number of carbonyl (C=O) groups is 1. The second kappa shape index (κ2) is 6.95. The Labute approximate surface area is 96.5 Å². The second-order valence-corrected chi connectivity index (χ2v) is 3.96. The molecule has 4 heteroatoms. The van der Waals surface area contributed by atoms with Crippen LogP contribution in [0.3, 0.4) is 0 Å². The van der Waals surface area contributed by atoms with Crippen molar-refractivity contribution in [1.82, 2.24) is 15.6 Å². The molecule has 4 nitrogen and oxygen atoms in total. The highest BCUT2D eigenvalue weighted by Crippen LogP contribution is 1.95. The number of hydrogen-bond donors (Lipinski definition) is 2. The van der Waals surface area contributed by atoms with E-state index in [2.05, 4.69) is 22.5 Å². The lowest BCUT2D eigenvalue weighted by Gasteiger charge is -2.11. The molecule has 0 bridgehead atoms. The van der Waals surface area contributed by atoms with E-state index < -0.39 is 0 Å². The molecule has 1 amide bonds. The normalized spacial score (nSPS) is 12.1. The average molecular weight is 221 g/mol. The van der Waals surface area contributed by atoms with Gasteiger partial charge in [-0.15, -0.1) is 0 Å². The lowest BCUT2D eigenvalue weighted by atomic mass is 10.2. The fourth-order valence-electron chi connectivity index (χ4n) is 1.44. The second-order valence-electron chi connectivity index (χ2n) is 3.96. The van der Waals surface area contributed by atoms with Crippen LogP contribution in [0, 0.1) is 5.92 Å². The van der Waals surface area contributed by atoms with Gasteiger partial charge in [-0.3, -0.25) is 9.78 Å². The Morgan fingerprint density at radius 3 is 2.88 bits per heavy atom. The van der Waals surface area contributed by atoms with Gasteiger partial charge < -0.3 is 10.6 Å². The molecule has 0 saturated carbocycles. The van der Waals surface area contributed by atoms with Crippen molar-refractivity contribution in [3.05, 3.63) is 30.1 Å². The van der Waals surface area contributed by atoms with Crippen LogP contribution in [0.15, 0.2) is 24.4 Å². The zero-order chi connectivity index (χ0) is 11.8. The summed E-state index contributed by atoms with van der Waals surface area (Å²) in [5, 5.41) is 5.97. The summed E-state index contributed by atoms with van der Waals surface area (Å²) in [6, 6.07) is 5.59. The summed E-state index contributed by atoms with van der Waals surface area (Å²) in [5.74, 6) is 0.472. The molecular formula is C12H19N3O. The average Bonchev–Trinajstić information content (AvgIpc) is 2.28. The third-order valence-corrected chi connectivity index (χ3v) is 2.27. The number of rotatable bonds is 6. The molecule has 0 radical (unpaired) electrons. The van der Waals surface area contributed by atoms with E-state index in [1.54, 1.807) is 6.20 Å². The predicted molar refractivity (Wildman–Crippen MR) is 64.0 cm³/mol. The van der Waals surface area contributed by atoms with E-state index in [1.807, 2.05) is 25.2 Å². The van der Waals surface area contributed by atoms with E-state index >= 15 is 0 Å². The van der Waals surface area contributed by atoms with Crippen molar-refractivity contribution >= 4 is 5.91 Å². The fourth-order valence-corrected chi connectivity index (χ4v) is 1.44. The molecule has 1 aromatic heterocycles. The number of aromatic nitrogens is 1. The van der Waals surface area contributed by atoms with E-state index in [1.165, 1.54) is 0 Å². The van der Waals surface area contributed by atoms with Crippen LogP contribution in [0.4, 0.5) is 0 Å². The van der Waals surface area contributed by atoms with E-state index in [0.717, 1.165) is 12.2 Å². The maximum absolute atomic E-state index is 11.5. The summed E-state index contributed by atoms with van der Waals surface area (Å²) in [7, 11) is 1.91. The molecular weight excluding hydrogens is 202 g/mol. The van der Waals surface area contributed by atoms with Crippen molar-refractivity contribution in [2.75, 3.05) is 20.1 Å². The molecule has 1 aromatic rings. The van der Waals surface area contributed by atoms with Gasteiger partial charge in [-0.05, 0) is 31.6 Å². The van der Waals surface area contributed by atoms with Crippen LogP contribution < -0.4 is 10.6 Å². The number of pyridine rings is 1. The first-order valence-corrected chi connectivity index (χ1v) is 5.53. The van der Waals surface area contributed by atoms with Gasteiger partial charge in [0, 0.05) is 18.4 Å². The highest BCUT2D eigenvalue weighted by atomic mass is 16.1. The summed E-state index contributed by atoms with van der Waals surface area (Å²) in [6.07, 6.45) is 2.05. The number of carbonyl (C=O) groups excluding carboxylic acids is 1. The molecule has 0 aliphatic carbocycles. The Bertz CT molecular complexity index is 313. The number of hydrogen-bond acceptors (Lipinski definition) is 3. The molecule has 1 heterocycles. The molecule has 16 heavy (non-hydrogen) atoms. The first-order valence-electron chi connectivity index (χ1n) is 5.53. The number of amides is 1. The first-order chi connectivity index (χ1) is 7.72. The zero-order valence-corrected chi connectivity index (χ0v) is 9.86. The molecule has 0 spiro atoms. The maximum Gasteiger partial charge on any atom is 0.226 e. The Morgan fingerprint density at radius 1 is 1.44 bits per heavy atom. The summed E-state index contributed by atoms with van der Waals surface area (Å²) >= 11 is 0. The van der Waals surface area contributed by atoms with Crippen LogP contribution in [-0.4, -0.2) is 31.0 Å². The van der Waals surface area contributed by atoms with Gasteiger partial charge in [-0.25, -0.2) is 0 Å². The van der Waals surface area contributed by atoms with Crippen LogP contribution in [0.2, 0.25) is 0 Å². The van der Waals surface area contributed by atoms with Crippen molar-refractivity contribution in [1.29, 1.82) is 0 Å². The number of nitrogens with one attached hydrogen (secondary N) is 2. The quantitative estimate of drug-likeness (QED) is 0.739. The molecule has 0 aromatic carbocycles. The van der Waals surface area contributed by atoms with Gasteiger partial charge in [-0.2, -0.15) is 0 Å². The molecule has 0 saturated heterocycles. The standard InChI is InChI=1S/C12H19N3O/c1-10(8-13-2)9-15-12(16)7-11-5-3-4-6-14-11/h3-6,10,13H,7-9H2,1-2H3,(H,15,16). The summed E-state index contributed by atoms with van der Waals surface area (Å²) < 4.78 is 0. The van der Waals surface area contributed by atoms with Gasteiger partial charge in [0.25, 0.3) is 0 Å². The van der Waals surface area contributed by atoms with Gasteiger partial charge >= 0.3 is 0 Å². The Hall–Kier alpha value is -1.42. The van der Waals surface area contributed by atoms with Crippen LogP contribution in [0.5, 0.6) is 0 Å². The van der Waals surface area contributed by atoms with E-state index in [4.69, 9.17) is 0 Å². The third kappa shape index (κ3) is 4.89. The van der Waals surface area contributed by atoms with Crippen LogP contribution in [0.1, 0.15) is 12.6 Å². The lowest BCUT2D eigenvalue weighted by Crippen LogP contribution is -2.33. The SMILES string of the molecule is CNCC(C)CNC(=O)Cc1ccccn1. The largest absolute Gasteiger partial charge is 0.355 e. The maximum atomic E-state index is 11.5. The molecule has 88 valence electrons. The summed E-state index contributed by atoms with van der Waals surface area (Å²) in [6.45, 7) is 3.70. The van der Waals surface area contributed by atoms with E-state index in [9.17, 15) is 4.79 Å². The Balaban J connectivity index is 2.26. The van der Waals surface area contributed by atoms with Crippen molar-refractivity contribution in [2.45, 2.75) is 13.3 Å². The van der Waals surface area contributed by atoms with Crippen molar-refractivity contribution in [3.8, 4) is 0 Å². The van der Waals surface area contributed by atoms with E-state index in [-0.39, 0.29) is 5.91 Å². The highest BCUT2D eigenvalue weighted by molar-refractivity contribution is 5.78. The molecule has 2 N–H and O–H groups in total. The van der Waals surface area contributed by atoms with Crippen LogP contribution >= 0.6 is 0 Å². The van der Waals surface area contributed by atoms with Crippen molar-refractivity contribution in [3.63, 3.8) is 0 Å². The van der Waals surface area contributed by atoms with Gasteiger partial charge in [0.2, 0.25) is 5.91 Å². The van der Waals surface area contributed by atoms with E-state index in [0.29, 0.717) is 18.9 Å². The minimum absolute atomic E-state index is 0.0293.